The summed E-state index contributed by atoms with van der Waals surface area (Å²) in [6.07, 6.45) is 4.87. The van der Waals surface area contributed by atoms with Crippen molar-refractivity contribution < 1.29 is 4.79 Å². The molecule has 1 N–H and O–H groups in total. The summed E-state index contributed by atoms with van der Waals surface area (Å²) in [5, 5.41) is 3.09. The maximum absolute atomic E-state index is 12.4. The number of anilines is 1. The number of carbonyl (C=O) groups is 1. The number of amides is 1. The molecular formula is C19H25N5O. The van der Waals surface area contributed by atoms with Crippen LogP contribution in [-0.2, 0) is 11.3 Å². The van der Waals surface area contributed by atoms with E-state index in [1.165, 1.54) is 5.56 Å². The average Bonchev–Trinajstić information content (AvgIpc) is 2.89. The first kappa shape index (κ1) is 17.4. The number of carbonyl (C=O) groups excluding carboxylic acids is 1. The van der Waals surface area contributed by atoms with Crippen LogP contribution in [0.3, 0.4) is 0 Å². The molecule has 0 spiro atoms. The minimum absolute atomic E-state index is 0.199. The molecule has 6 nitrogen and oxygen atoms in total. The molecule has 1 amide bonds. The highest BCUT2D eigenvalue weighted by Gasteiger charge is 2.18. The minimum atomic E-state index is 0.199. The number of nitrogens with zero attached hydrogens (tertiary/aromatic N) is 4. The fourth-order valence-electron chi connectivity index (χ4n) is 3.05. The van der Waals surface area contributed by atoms with Crippen molar-refractivity contribution in [1.82, 2.24) is 19.8 Å². The normalized spacial score (nSPS) is 15.6. The van der Waals surface area contributed by atoms with E-state index in [1.807, 2.05) is 11.0 Å². The van der Waals surface area contributed by atoms with Crippen molar-refractivity contribution >= 4 is 11.9 Å². The van der Waals surface area contributed by atoms with Crippen LogP contribution in [0.4, 0.5) is 5.95 Å². The highest BCUT2D eigenvalue weighted by Crippen LogP contribution is 2.10. The molecule has 0 saturated carbocycles. The second-order valence-corrected chi connectivity index (χ2v) is 6.25. The molecule has 0 radical (unpaired) electrons. The largest absolute Gasteiger partial charge is 0.354 e. The Balaban J connectivity index is 1.42. The van der Waals surface area contributed by atoms with Crippen molar-refractivity contribution in [3.05, 3.63) is 54.4 Å². The number of hydrogen-bond donors (Lipinski definition) is 1. The second kappa shape index (κ2) is 9.13. The third kappa shape index (κ3) is 5.53. The van der Waals surface area contributed by atoms with Crippen LogP contribution in [0, 0.1) is 0 Å². The molecule has 0 aliphatic carbocycles. The zero-order valence-corrected chi connectivity index (χ0v) is 14.5. The van der Waals surface area contributed by atoms with Gasteiger partial charge in [-0.2, -0.15) is 0 Å². The van der Waals surface area contributed by atoms with Gasteiger partial charge < -0.3 is 10.2 Å². The van der Waals surface area contributed by atoms with Crippen molar-refractivity contribution in [2.75, 3.05) is 38.0 Å². The summed E-state index contributed by atoms with van der Waals surface area (Å²) in [6.45, 7) is 5.12. The first-order valence-electron chi connectivity index (χ1n) is 8.86. The number of nitrogens with one attached hydrogen (secondary N) is 1. The molecule has 132 valence electrons. The maximum Gasteiger partial charge on any atom is 0.224 e. The van der Waals surface area contributed by atoms with Crippen molar-refractivity contribution in [2.24, 2.45) is 0 Å². The van der Waals surface area contributed by atoms with Crippen molar-refractivity contribution in [2.45, 2.75) is 19.4 Å². The van der Waals surface area contributed by atoms with E-state index >= 15 is 0 Å². The molecule has 1 saturated heterocycles. The van der Waals surface area contributed by atoms with Gasteiger partial charge in [0.05, 0.1) is 0 Å². The SMILES string of the molecule is O=C(CCNc1ncccn1)N1CCCN(Cc2ccccc2)CC1. The topological polar surface area (TPSA) is 61.4 Å². The van der Waals surface area contributed by atoms with Gasteiger partial charge in [-0.3, -0.25) is 9.69 Å². The third-order valence-electron chi connectivity index (χ3n) is 4.38. The molecule has 0 atom stereocenters. The number of aromatic nitrogens is 2. The van der Waals surface area contributed by atoms with Crippen LogP contribution in [-0.4, -0.2) is 58.4 Å². The lowest BCUT2D eigenvalue weighted by molar-refractivity contribution is -0.130. The molecule has 2 heterocycles. The van der Waals surface area contributed by atoms with E-state index in [2.05, 4.69) is 44.5 Å². The van der Waals surface area contributed by atoms with E-state index in [-0.39, 0.29) is 5.91 Å². The maximum atomic E-state index is 12.4. The lowest BCUT2D eigenvalue weighted by Gasteiger charge is -2.22. The van der Waals surface area contributed by atoms with Crippen LogP contribution >= 0.6 is 0 Å². The predicted octanol–water partition coefficient (Wildman–Crippen LogP) is 2.01. The molecule has 25 heavy (non-hydrogen) atoms. The number of rotatable bonds is 6. The molecule has 1 aliphatic rings. The van der Waals surface area contributed by atoms with E-state index in [9.17, 15) is 4.79 Å². The monoisotopic (exact) mass is 339 g/mol. The predicted molar refractivity (Wildman–Crippen MR) is 98.1 cm³/mol. The molecule has 1 fully saturated rings. The van der Waals surface area contributed by atoms with Gasteiger partial charge in [0.1, 0.15) is 0 Å². The Bertz CT molecular complexity index is 649. The standard InChI is InChI=1S/C19H25N5O/c25-18(8-11-22-19-20-9-4-10-21-19)24-13-5-12-23(14-15-24)16-17-6-2-1-3-7-17/h1-4,6-7,9-10H,5,8,11-16H2,(H,20,21,22). The van der Waals surface area contributed by atoms with Gasteiger partial charge in [0.2, 0.25) is 11.9 Å². The summed E-state index contributed by atoms with van der Waals surface area (Å²) < 4.78 is 0. The van der Waals surface area contributed by atoms with E-state index in [0.29, 0.717) is 18.9 Å². The highest BCUT2D eigenvalue weighted by atomic mass is 16.2. The zero-order valence-electron chi connectivity index (χ0n) is 14.5. The van der Waals surface area contributed by atoms with E-state index in [0.717, 1.165) is 39.1 Å². The lowest BCUT2D eigenvalue weighted by Crippen LogP contribution is -2.35. The van der Waals surface area contributed by atoms with Gasteiger partial charge >= 0.3 is 0 Å². The van der Waals surface area contributed by atoms with Gasteiger partial charge in [0, 0.05) is 58.1 Å². The van der Waals surface area contributed by atoms with E-state index < -0.39 is 0 Å². The smallest absolute Gasteiger partial charge is 0.224 e. The minimum Gasteiger partial charge on any atom is -0.354 e. The van der Waals surface area contributed by atoms with Gasteiger partial charge in [0.15, 0.2) is 0 Å². The number of benzene rings is 1. The Hall–Kier alpha value is -2.47. The Kier molecular flexibility index (Phi) is 6.34. The van der Waals surface area contributed by atoms with Crippen molar-refractivity contribution in [1.29, 1.82) is 0 Å². The molecule has 1 aliphatic heterocycles. The molecule has 2 aromatic rings. The summed E-state index contributed by atoms with van der Waals surface area (Å²) >= 11 is 0. The Morgan fingerprint density at radius 3 is 2.60 bits per heavy atom. The second-order valence-electron chi connectivity index (χ2n) is 6.25. The molecule has 1 aromatic heterocycles. The van der Waals surface area contributed by atoms with Gasteiger partial charge in [0.25, 0.3) is 0 Å². The van der Waals surface area contributed by atoms with E-state index in [1.54, 1.807) is 18.5 Å². The van der Waals surface area contributed by atoms with E-state index in [4.69, 9.17) is 0 Å². The summed E-state index contributed by atoms with van der Waals surface area (Å²) in [7, 11) is 0. The quantitative estimate of drug-likeness (QED) is 0.872. The summed E-state index contributed by atoms with van der Waals surface area (Å²) in [5.74, 6) is 0.769. The Morgan fingerprint density at radius 2 is 1.80 bits per heavy atom. The highest BCUT2D eigenvalue weighted by molar-refractivity contribution is 5.76. The molecule has 3 rings (SSSR count). The summed E-state index contributed by atoms with van der Waals surface area (Å²) in [5.41, 5.74) is 1.33. The fraction of sp³-hybridized carbons (Fsp3) is 0.421. The van der Waals surface area contributed by atoms with Crippen molar-refractivity contribution in [3.63, 3.8) is 0 Å². The lowest BCUT2D eigenvalue weighted by atomic mass is 10.2. The Morgan fingerprint density at radius 1 is 1.00 bits per heavy atom. The van der Waals surface area contributed by atoms with Crippen LogP contribution in [0.25, 0.3) is 0 Å². The van der Waals surface area contributed by atoms with Gasteiger partial charge in [-0.15, -0.1) is 0 Å². The molecule has 0 unspecified atom stereocenters. The molecule has 0 bridgehead atoms. The summed E-state index contributed by atoms with van der Waals surface area (Å²) in [6, 6.07) is 12.3. The van der Waals surface area contributed by atoms with Gasteiger partial charge in [-0.05, 0) is 18.1 Å². The van der Waals surface area contributed by atoms with Crippen molar-refractivity contribution in [3.8, 4) is 0 Å². The van der Waals surface area contributed by atoms with Crippen LogP contribution in [0.5, 0.6) is 0 Å². The Labute approximate surface area is 148 Å². The summed E-state index contributed by atoms with van der Waals surface area (Å²) in [4.78, 5) is 25.0. The number of hydrogen-bond acceptors (Lipinski definition) is 5. The van der Waals surface area contributed by atoms with Gasteiger partial charge in [-0.1, -0.05) is 30.3 Å². The van der Waals surface area contributed by atoms with Crippen LogP contribution < -0.4 is 5.32 Å². The zero-order chi connectivity index (χ0) is 17.3. The van der Waals surface area contributed by atoms with Crippen LogP contribution in [0.15, 0.2) is 48.8 Å². The third-order valence-corrected chi connectivity index (χ3v) is 4.38. The first-order chi connectivity index (χ1) is 12.3. The average molecular weight is 339 g/mol. The first-order valence-corrected chi connectivity index (χ1v) is 8.86. The van der Waals surface area contributed by atoms with Crippen LogP contribution in [0.2, 0.25) is 0 Å². The van der Waals surface area contributed by atoms with Crippen LogP contribution in [0.1, 0.15) is 18.4 Å². The molecule has 6 heteroatoms. The fourth-order valence-corrected chi connectivity index (χ4v) is 3.05. The van der Waals surface area contributed by atoms with Gasteiger partial charge in [-0.25, -0.2) is 9.97 Å². The molecular weight excluding hydrogens is 314 g/mol. The molecule has 1 aromatic carbocycles.